The Morgan fingerprint density at radius 1 is 1.00 bits per heavy atom. The molecule has 4 saturated carbocycles. The van der Waals surface area contributed by atoms with E-state index in [4.69, 9.17) is 9.47 Å². The number of hydrogen-bond acceptors (Lipinski definition) is 3. The fourth-order valence-electron chi connectivity index (χ4n) is 6.79. The van der Waals surface area contributed by atoms with Crippen molar-refractivity contribution in [2.45, 2.75) is 40.0 Å². The van der Waals surface area contributed by atoms with Gasteiger partial charge in [0.2, 0.25) is 0 Å². The van der Waals surface area contributed by atoms with Crippen LogP contribution in [0.5, 0.6) is 0 Å². The molecular weight excluding hydrogens is 264 g/mol. The van der Waals surface area contributed by atoms with Crippen molar-refractivity contribution in [2.75, 3.05) is 13.4 Å². The van der Waals surface area contributed by atoms with Crippen LogP contribution in [-0.2, 0) is 14.3 Å². The van der Waals surface area contributed by atoms with Crippen LogP contribution in [0.4, 0.5) is 0 Å². The van der Waals surface area contributed by atoms with E-state index in [1.807, 2.05) is 6.92 Å². The summed E-state index contributed by atoms with van der Waals surface area (Å²) in [4.78, 5) is 12.3. The SMILES string of the molecule is CCOCOC(=O)C1CC2CC1C1C3CC(C(C)C3C)C21. The van der Waals surface area contributed by atoms with E-state index < -0.39 is 0 Å². The van der Waals surface area contributed by atoms with Crippen molar-refractivity contribution in [1.82, 2.24) is 0 Å². The van der Waals surface area contributed by atoms with Gasteiger partial charge in [0.15, 0.2) is 6.79 Å². The predicted molar refractivity (Wildman–Crippen MR) is 79.2 cm³/mol. The van der Waals surface area contributed by atoms with Gasteiger partial charge in [-0.1, -0.05) is 13.8 Å². The molecule has 0 spiro atoms. The van der Waals surface area contributed by atoms with E-state index in [1.165, 1.54) is 12.8 Å². The summed E-state index contributed by atoms with van der Waals surface area (Å²) in [6.45, 7) is 7.57. The van der Waals surface area contributed by atoms with Crippen LogP contribution >= 0.6 is 0 Å². The van der Waals surface area contributed by atoms with Crippen LogP contribution in [0.3, 0.4) is 0 Å². The van der Waals surface area contributed by atoms with Crippen LogP contribution in [0.25, 0.3) is 0 Å². The Balaban J connectivity index is 1.46. The summed E-state index contributed by atoms with van der Waals surface area (Å²) >= 11 is 0. The first-order chi connectivity index (χ1) is 10.1. The van der Waals surface area contributed by atoms with Gasteiger partial charge in [-0.15, -0.1) is 0 Å². The molecule has 0 saturated heterocycles. The van der Waals surface area contributed by atoms with Crippen molar-refractivity contribution in [3.8, 4) is 0 Å². The minimum atomic E-state index is 0.0119. The molecule has 21 heavy (non-hydrogen) atoms. The highest BCUT2D eigenvalue weighted by molar-refractivity contribution is 5.73. The van der Waals surface area contributed by atoms with Crippen molar-refractivity contribution >= 4 is 5.97 Å². The van der Waals surface area contributed by atoms with Crippen molar-refractivity contribution in [3.63, 3.8) is 0 Å². The monoisotopic (exact) mass is 292 g/mol. The lowest BCUT2D eigenvalue weighted by atomic mass is 9.62. The van der Waals surface area contributed by atoms with Crippen LogP contribution in [0.15, 0.2) is 0 Å². The van der Waals surface area contributed by atoms with E-state index in [2.05, 4.69) is 13.8 Å². The number of hydrogen-bond donors (Lipinski definition) is 0. The van der Waals surface area contributed by atoms with E-state index in [-0.39, 0.29) is 18.7 Å². The number of rotatable bonds is 4. The molecule has 9 atom stereocenters. The maximum atomic E-state index is 12.3. The van der Waals surface area contributed by atoms with E-state index >= 15 is 0 Å². The van der Waals surface area contributed by atoms with Crippen molar-refractivity contribution < 1.29 is 14.3 Å². The van der Waals surface area contributed by atoms with Crippen LogP contribution < -0.4 is 0 Å². The molecule has 4 rings (SSSR count). The highest BCUT2D eigenvalue weighted by Gasteiger charge is 2.66. The quantitative estimate of drug-likeness (QED) is 0.345. The third-order valence-corrected chi connectivity index (χ3v) is 7.64. The zero-order chi connectivity index (χ0) is 14.7. The molecule has 3 nitrogen and oxygen atoms in total. The van der Waals surface area contributed by atoms with Gasteiger partial charge in [0, 0.05) is 6.61 Å². The Morgan fingerprint density at radius 2 is 1.71 bits per heavy atom. The standard InChI is InChI=1S/C18H28O3/c1-4-20-8-21-18(19)15-6-11-5-14(15)17-13-7-12(16(11)17)9(2)10(13)3/h9-17H,4-8H2,1-3H3. The summed E-state index contributed by atoms with van der Waals surface area (Å²) in [5.74, 6) is 6.93. The predicted octanol–water partition coefficient (Wildman–Crippen LogP) is 3.33. The number of esters is 1. The number of ether oxygens (including phenoxy) is 2. The van der Waals surface area contributed by atoms with Crippen molar-refractivity contribution in [3.05, 3.63) is 0 Å². The molecule has 0 N–H and O–H groups in total. The topological polar surface area (TPSA) is 35.5 Å². The Hall–Kier alpha value is -0.570. The van der Waals surface area contributed by atoms with Gasteiger partial charge >= 0.3 is 5.97 Å². The smallest absolute Gasteiger partial charge is 0.311 e. The van der Waals surface area contributed by atoms with E-state index in [0.717, 1.165) is 47.8 Å². The first-order valence-corrected chi connectivity index (χ1v) is 8.87. The molecule has 0 radical (unpaired) electrons. The fraction of sp³-hybridized carbons (Fsp3) is 0.944. The first-order valence-electron chi connectivity index (χ1n) is 8.87. The third kappa shape index (κ3) is 1.85. The minimum Gasteiger partial charge on any atom is -0.438 e. The maximum Gasteiger partial charge on any atom is 0.311 e. The lowest BCUT2D eigenvalue weighted by Crippen LogP contribution is -2.41. The molecule has 0 aliphatic heterocycles. The zero-order valence-corrected chi connectivity index (χ0v) is 13.5. The van der Waals surface area contributed by atoms with E-state index in [9.17, 15) is 4.79 Å². The van der Waals surface area contributed by atoms with Gasteiger partial charge in [-0.05, 0) is 73.5 Å². The number of carbonyl (C=O) groups excluding carboxylic acids is 1. The minimum absolute atomic E-state index is 0.0119. The highest BCUT2D eigenvalue weighted by atomic mass is 16.7. The zero-order valence-electron chi connectivity index (χ0n) is 13.5. The molecule has 0 aromatic carbocycles. The Labute approximate surface area is 127 Å². The third-order valence-electron chi connectivity index (χ3n) is 7.64. The second-order valence-corrected chi connectivity index (χ2v) is 8.01. The van der Waals surface area contributed by atoms with Crippen LogP contribution in [0, 0.1) is 53.3 Å². The van der Waals surface area contributed by atoms with Crippen LogP contribution in [-0.4, -0.2) is 19.4 Å². The summed E-state index contributed by atoms with van der Waals surface area (Å²) in [5.41, 5.74) is 0. The molecule has 0 aromatic rings. The summed E-state index contributed by atoms with van der Waals surface area (Å²) in [6.07, 6.45) is 3.81. The second kappa shape index (κ2) is 4.97. The molecule has 3 heteroatoms. The highest BCUT2D eigenvalue weighted by Crippen LogP contribution is 2.71. The average Bonchev–Trinajstić information content (AvgIpc) is 3.19. The van der Waals surface area contributed by atoms with E-state index in [1.54, 1.807) is 0 Å². The van der Waals surface area contributed by atoms with Crippen molar-refractivity contribution in [2.24, 2.45) is 53.3 Å². The Bertz CT molecular complexity index is 434. The lowest BCUT2D eigenvalue weighted by molar-refractivity contribution is -0.164. The molecule has 9 unspecified atom stereocenters. The fourth-order valence-corrected chi connectivity index (χ4v) is 6.79. The van der Waals surface area contributed by atoms with Gasteiger partial charge in [0.25, 0.3) is 0 Å². The number of fused-ring (bicyclic) bond motifs is 9. The summed E-state index contributed by atoms with van der Waals surface area (Å²) in [6, 6.07) is 0. The second-order valence-electron chi connectivity index (χ2n) is 8.01. The van der Waals surface area contributed by atoms with E-state index in [0.29, 0.717) is 12.5 Å². The van der Waals surface area contributed by atoms with Gasteiger partial charge in [-0.3, -0.25) is 4.79 Å². The van der Waals surface area contributed by atoms with Gasteiger partial charge in [-0.25, -0.2) is 0 Å². The Kier molecular flexibility index (Phi) is 3.33. The average molecular weight is 292 g/mol. The largest absolute Gasteiger partial charge is 0.438 e. The molecule has 0 amide bonds. The summed E-state index contributed by atoms with van der Waals surface area (Å²) in [7, 11) is 0. The molecule has 4 bridgehead atoms. The molecular formula is C18H28O3. The normalized spacial score (nSPS) is 53.2. The summed E-state index contributed by atoms with van der Waals surface area (Å²) in [5, 5.41) is 0. The molecule has 4 aliphatic rings. The molecule has 0 aromatic heterocycles. The maximum absolute atomic E-state index is 12.3. The lowest BCUT2D eigenvalue weighted by Gasteiger charge is -2.42. The van der Waals surface area contributed by atoms with Gasteiger partial charge < -0.3 is 9.47 Å². The van der Waals surface area contributed by atoms with Crippen LogP contribution in [0.1, 0.15) is 40.0 Å². The van der Waals surface area contributed by atoms with Gasteiger partial charge in [-0.2, -0.15) is 0 Å². The molecule has 4 aliphatic carbocycles. The van der Waals surface area contributed by atoms with Gasteiger partial charge in [0.05, 0.1) is 5.92 Å². The van der Waals surface area contributed by atoms with Gasteiger partial charge in [0.1, 0.15) is 0 Å². The number of carbonyl (C=O) groups is 1. The molecule has 0 heterocycles. The van der Waals surface area contributed by atoms with Crippen LogP contribution in [0.2, 0.25) is 0 Å². The van der Waals surface area contributed by atoms with Crippen molar-refractivity contribution in [1.29, 1.82) is 0 Å². The first kappa shape index (κ1) is 14.0. The molecule has 118 valence electrons. The summed E-state index contributed by atoms with van der Waals surface area (Å²) < 4.78 is 10.5. The Morgan fingerprint density at radius 3 is 2.43 bits per heavy atom. The molecule has 4 fully saturated rings.